The Morgan fingerprint density at radius 1 is 1.35 bits per heavy atom. The second kappa shape index (κ2) is 8.53. The van der Waals surface area contributed by atoms with Gasteiger partial charge in [-0.2, -0.15) is 0 Å². The van der Waals surface area contributed by atoms with Crippen LogP contribution in [0.2, 0.25) is 0 Å². The Balaban J connectivity index is 2.38. The van der Waals surface area contributed by atoms with Gasteiger partial charge in [-0.25, -0.2) is 0 Å². The van der Waals surface area contributed by atoms with Gasteiger partial charge in [0.2, 0.25) is 0 Å². The number of likely N-dealkylation sites (N-methyl/N-ethyl adjacent to an activating group) is 1. The molecule has 0 aliphatic rings. The van der Waals surface area contributed by atoms with E-state index in [0.29, 0.717) is 23.7 Å². The maximum atomic E-state index is 11.8. The summed E-state index contributed by atoms with van der Waals surface area (Å²) in [6.45, 7) is 2.69. The van der Waals surface area contributed by atoms with Crippen molar-refractivity contribution in [3.8, 4) is 5.75 Å². The van der Waals surface area contributed by atoms with Crippen LogP contribution < -0.4 is 10.5 Å². The third-order valence-electron chi connectivity index (χ3n) is 2.94. The number of benzene rings is 1. The van der Waals surface area contributed by atoms with E-state index in [0.717, 1.165) is 12.8 Å². The Bertz CT molecular complexity index is 446. The molecule has 0 atom stereocenters. The van der Waals surface area contributed by atoms with Gasteiger partial charge < -0.3 is 15.4 Å². The molecule has 0 unspecified atom stereocenters. The molecular formula is C15H22N2O2S. The summed E-state index contributed by atoms with van der Waals surface area (Å²) in [6.07, 6.45) is 2.71. The predicted octanol–water partition coefficient (Wildman–Crippen LogP) is 2.15. The van der Waals surface area contributed by atoms with Crippen molar-refractivity contribution in [3.05, 3.63) is 29.8 Å². The molecular weight excluding hydrogens is 272 g/mol. The fourth-order valence-electron chi connectivity index (χ4n) is 1.70. The van der Waals surface area contributed by atoms with Crippen LogP contribution in [0.4, 0.5) is 0 Å². The van der Waals surface area contributed by atoms with Gasteiger partial charge in [0.25, 0.3) is 5.91 Å². The molecule has 1 rings (SSSR count). The highest BCUT2D eigenvalue weighted by atomic mass is 32.1. The molecule has 0 spiro atoms. The summed E-state index contributed by atoms with van der Waals surface area (Å²) in [5.74, 6) is 0.625. The minimum atomic E-state index is -0.0844. The summed E-state index contributed by atoms with van der Waals surface area (Å²) < 4.78 is 5.47. The third kappa shape index (κ3) is 6.02. The third-order valence-corrected chi connectivity index (χ3v) is 3.15. The van der Waals surface area contributed by atoms with E-state index in [-0.39, 0.29) is 12.5 Å². The lowest BCUT2D eigenvalue weighted by Crippen LogP contribution is -2.33. The van der Waals surface area contributed by atoms with Crippen LogP contribution in [0.25, 0.3) is 0 Å². The van der Waals surface area contributed by atoms with Gasteiger partial charge in [-0.05, 0) is 24.1 Å². The van der Waals surface area contributed by atoms with Crippen LogP contribution >= 0.6 is 12.2 Å². The maximum absolute atomic E-state index is 11.8. The molecule has 0 aromatic heterocycles. The molecule has 5 heteroatoms. The first-order valence-electron chi connectivity index (χ1n) is 6.77. The molecule has 110 valence electrons. The zero-order valence-corrected chi connectivity index (χ0v) is 12.9. The molecule has 0 fully saturated rings. The van der Waals surface area contributed by atoms with Gasteiger partial charge in [-0.15, -0.1) is 0 Å². The number of amides is 1. The van der Waals surface area contributed by atoms with E-state index in [1.807, 2.05) is 24.3 Å². The molecule has 20 heavy (non-hydrogen) atoms. The number of carbonyl (C=O) groups is 1. The Hall–Kier alpha value is -1.62. The SMILES string of the molecule is CCCc1ccc(OCC(=O)N(C)CCC(N)=S)cc1. The maximum Gasteiger partial charge on any atom is 0.260 e. The van der Waals surface area contributed by atoms with Crippen LogP contribution in [0, 0.1) is 0 Å². The number of hydrogen-bond donors (Lipinski definition) is 1. The molecule has 0 bridgehead atoms. The normalized spacial score (nSPS) is 10.1. The zero-order chi connectivity index (χ0) is 15.0. The smallest absolute Gasteiger partial charge is 0.260 e. The zero-order valence-electron chi connectivity index (χ0n) is 12.1. The monoisotopic (exact) mass is 294 g/mol. The molecule has 0 heterocycles. The summed E-state index contributed by atoms with van der Waals surface area (Å²) in [7, 11) is 1.72. The number of rotatable bonds is 8. The van der Waals surface area contributed by atoms with E-state index in [2.05, 4.69) is 6.92 Å². The summed E-state index contributed by atoms with van der Waals surface area (Å²) in [4.78, 5) is 13.8. The second-order valence-corrected chi connectivity index (χ2v) is 5.24. The fraction of sp³-hybridized carbons (Fsp3) is 0.467. The Morgan fingerprint density at radius 3 is 2.55 bits per heavy atom. The van der Waals surface area contributed by atoms with Gasteiger partial charge in [-0.3, -0.25) is 4.79 Å². The van der Waals surface area contributed by atoms with Crippen molar-refractivity contribution in [2.75, 3.05) is 20.2 Å². The number of carbonyl (C=O) groups excluding carboxylic acids is 1. The van der Waals surface area contributed by atoms with Crippen LogP contribution in [0.1, 0.15) is 25.3 Å². The average molecular weight is 294 g/mol. The van der Waals surface area contributed by atoms with Crippen molar-refractivity contribution in [2.24, 2.45) is 5.73 Å². The van der Waals surface area contributed by atoms with Gasteiger partial charge in [0.05, 0.1) is 4.99 Å². The van der Waals surface area contributed by atoms with Crippen LogP contribution in [-0.2, 0) is 11.2 Å². The Kier molecular flexibility index (Phi) is 7.01. The predicted molar refractivity (Wildman–Crippen MR) is 85.0 cm³/mol. The van der Waals surface area contributed by atoms with E-state index in [1.54, 1.807) is 11.9 Å². The lowest BCUT2D eigenvalue weighted by atomic mass is 10.1. The van der Waals surface area contributed by atoms with Crippen molar-refractivity contribution in [1.29, 1.82) is 0 Å². The molecule has 1 aromatic rings. The first kappa shape index (κ1) is 16.4. The quantitative estimate of drug-likeness (QED) is 0.746. The molecule has 0 saturated carbocycles. The molecule has 4 nitrogen and oxygen atoms in total. The standard InChI is InChI=1S/C15H22N2O2S/c1-3-4-12-5-7-13(8-6-12)19-11-15(18)17(2)10-9-14(16)20/h5-8H,3-4,9-11H2,1-2H3,(H2,16,20). The average Bonchev–Trinajstić information content (AvgIpc) is 2.44. The number of hydrogen-bond acceptors (Lipinski definition) is 3. The topological polar surface area (TPSA) is 55.6 Å². The second-order valence-electron chi connectivity index (χ2n) is 4.71. The minimum absolute atomic E-state index is 0.0287. The number of nitrogens with zero attached hydrogens (tertiary/aromatic N) is 1. The summed E-state index contributed by atoms with van der Waals surface area (Å²) >= 11 is 4.78. The molecule has 0 saturated heterocycles. The number of aryl methyl sites for hydroxylation is 1. The van der Waals surface area contributed by atoms with Crippen molar-refractivity contribution in [2.45, 2.75) is 26.2 Å². The van der Waals surface area contributed by atoms with Crippen molar-refractivity contribution >= 4 is 23.1 Å². The lowest BCUT2D eigenvalue weighted by Gasteiger charge is -2.17. The van der Waals surface area contributed by atoms with E-state index in [1.165, 1.54) is 5.56 Å². The Morgan fingerprint density at radius 2 is 2.00 bits per heavy atom. The highest BCUT2D eigenvalue weighted by Gasteiger charge is 2.09. The minimum Gasteiger partial charge on any atom is -0.484 e. The van der Waals surface area contributed by atoms with E-state index in [4.69, 9.17) is 22.7 Å². The molecule has 1 amide bonds. The van der Waals surface area contributed by atoms with E-state index < -0.39 is 0 Å². The first-order valence-corrected chi connectivity index (χ1v) is 7.17. The van der Waals surface area contributed by atoms with Gasteiger partial charge in [-0.1, -0.05) is 37.7 Å². The number of thiocarbonyl (C=S) groups is 1. The number of ether oxygens (including phenoxy) is 1. The summed E-state index contributed by atoms with van der Waals surface area (Å²) in [5, 5.41) is 0. The lowest BCUT2D eigenvalue weighted by molar-refractivity contribution is -0.131. The molecule has 2 N–H and O–H groups in total. The fourth-order valence-corrected chi connectivity index (χ4v) is 1.79. The molecule has 1 aromatic carbocycles. The van der Waals surface area contributed by atoms with Crippen LogP contribution in [0.3, 0.4) is 0 Å². The van der Waals surface area contributed by atoms with Crippen molar-refractivity contribution in [3.63, 3.8) is 0 Å². The Labute approximate surface area is 125 Å². The van der Waals surface area contributed by atoms with Gasteiger partial charge in [0, 0.05) is 20.0 Å². The first-order chi connectivity index (χ1) is 9.52. The van der Waals surface area contributed by atoms with Crippen LogP contribution in [0.5, 0.6) is 5.75 Å². The molecule has 0 aliphatic heterocycles. The summed E-state index contributed by atoms with van der Waals surface area (Å²) in [5.41, 5.74) is 6.68. The summed E-state index contributed by atoms with van der Waals surface area (Å²) in [6, 6.07) is 7.85. The van der Waals surface area contributed by atoms with Crippen LogP contribution in [0.15, 0.2) is 24.3 Å². The van der Waals surface area contributed by atoms with Crippen LogP contribution in [-0.4, -0.2) is 36.0 Å². The van der Waals surface area contributed by atoms with E-state index >= 15 is 0 Å². The van der Waals surface area contributed by atoms with Gasteiger partial charge in [0.1, 0.15) is 5.75 Å². The molecule has 0 radical (unpaired) electrons. The number of nitrogens with two attached hydrogens (primary N) is 1. The largest absolute Gasteiger partial charge is 0.484 e. The van der Waals surface area contributed by atoms with E-state index in [9.17, 15) is 4.79 Å². The highest BCUT2D eigenvalue weighted by Crippen LogP contribution is 2.13. The van der Waals surface area contributed by atoms with Gasteiger partial charge >= 0.3 is 0 Å². The highest BCUT2D eigenvalue weighted by molar-refractivity contribution is 7.80. The van der Waals surface area contributed by atoms with Crippen molar-refractivity contribution < 1.29 is 9.53 Å². The molecule has 0 aliphatic carbocycles. The van der Waals surface area contributed by atoms with Gasteiger partial charge in [0.15, 0.2) is 6.61 Å². The van der Waals surface area contributed by atoms with Crippen molar-refractivity contribution in [1.82, 2.24) is 4.90 Å².